The largest absolute Gasteiger partial charge is 0.496 e. The van der Waals surface area contributed by atoms with Crippen molar-refractivity contribution < 1.29 is 14.5 Å². The summed E-state index contributed by atoms with van der Waals surface area (Å²) in [5.74, 6) is -0.112. The lowest BCUT2D eigenvalue weighted by molar-refractivity contribution is -0.434. The number of aromatic nitrogens is 1. The zero-order valence-electron chi connectivity index (χ0n) is 17.0. The van der Waals surface area contributed by atoms with Crippen LogP contribution in [-0.2, 0) is 11.3 Å². The molecule has 2 heterocycles. The second-order valence-electron chi connectivity index (χ2n) is 6.92. The predicted molar refractivity (Wildman–Crippen MR) is 112 cm³/mol. The highest BCUT2D eigenvalue weighted by molar-refractivity contribution is 6.29. The molecule has 0 spiro atoms. The molecule has 0 radical (unpaired) electrons. The van der Waals surface area contributed by atoms with Gasteiger partial charge in [0.05, 0.1) is 18.0 Å². The van der Waals surface area contributed by atoms with Crippen LogP contribution in [0.3, 0.4) is 0 Å². The molecule has 0 fully saturated rings. The van der Waals surface area contributed by atoms with Gasteiger partial charge >= 0.3 is 0 Å². The maximum atomic E-state index is 12.8. The fourth-order valence-corrected chi connectivity index (χ4v) is 3.82. The third-order valence-electron chi connectivity index (χ3n) is 5.18. The van der Waals surface area contributed by atoms with E-state index in [0.717, 1.165) is 5.56 Å². The lowest BCUT2D eigenvalue weighted by Gasteiger charge is -2.36. The van der Waals surface area contributed by atoms with Crippen molar-refractivity contribution in [3.05, 3.63) is 80.5 Å². The fourth-order valence-electron chi connectivity index (χ4n) is 3.71. The number of hydrogen-bond donors (Lipinski definition) is 0. The average molecular weight is 431 g/mol. The third-order valence-corrected chi connectivity index (χ3v) is 5.41. The minimum absolute atomic E-state index is 0.00323. The van der Waals surface area contributed by atoms with E-state index in [1.54, 1.807) is 43.6 Å². The Balaban J connectivity index is 2.13. The summed E-state index contributed by atoms with van der Waals surface area (Å²) in [5, 5.41) is 12.6. The van der Waals surface area contributed by atoms with Crippen molar-refractivity contribution >= 4 is 17.5 Å². The number of ether oxygens (including phenoxy) is 1. The monoisotopic (exact) mass is 430 g/mol. The summed E-state index contributed by atoms with van der Waals surface area (Å²) in [4.78, 5) is 31.9. The smallest absolute Gasteiger partial charge is 0.294 e. The summed E-state index contributed by atoms with van der Waals surface area (Å²) in [7, 11) is 3.08. The van der Waals surface area contributed by atoms with E-state index in [1.807, 2.05) is 17.9 Å². The number of nitrogens with zero attached hydrogens (tertiary/aromatic N) is 4. The van der Waals surface area contributed by atoms with Crippen molar-refractivity contribution in [3.8, 4) is 5.75 Å². The predicted octanol–water partition coefficient (Wildman–Crippen LogP) is 3.66. The first-order valence-electron chi connectivity index (χ1n) is 9.50. The molecule has 1 unspecified atom stereocenters. The summed E-state index contributed by atoms with van der Waals surface area (Å²) in [5.41, 5.74) is 1.43. The van der Waals surface area contributed by atoms with Crippen molar-refractivity contribution in [2.45, 2.75) is 25.8 Å². The average Bonchev–Trinajstić information content (AvgIpc) is 2.74. The van der Waals surface area contributed by atoms with Gasteiger partial charge in [0.15, 0.2) is 5.82 Å². The Morgan fingerprint density at radius 3 is 2.67 bits per heavy atom. The lowest BCUT2D eigenvalue weighted by Crippen LogP contribution is -2.43. The van der Waals surface area contributed by atoms with Gasteiger partial charge in [0, 0.05) is 38.3 Å². The number of benzene rings is 1. The van der Waals surface area contributed by atoms with Gasteiger partial charge in [-0.3, -0.25) is 19.8 Å². The number of amides is 1. The molecule has 2 aromatic rings. The number of nitro groups is 1. The Hall–Kier alpha value is -3.13. The van der Waals surface area contributed by atoms with Crippen LogP contribution in [-0.4, -0.2) is 46.3 Å². The van der Waals surface area contributed by atoms with Crippen LogP contribution in [0.1, 0.15) is 30.4 Å². The quantitative estimate of drug-likeness (QED) is 0.378. The van der Waals surface area contributed by atoms with Gasteiger partial charge in [-0.2, -0.15) is 0 Å². The van der Waals surface area contributed by atoms with Gasteiger partial charge in [-0.15, -0.1) is 0 Å². The van der Waals surface area contributed by atoms with Crippen LogP contribution in [0, 0.1) is 10.1 Å². The number of carbonyl (C=O) groups excluding carboxylic acids is 1. The fraction of sp³-hybridized carbons (Fsp3) is 0.333. The Morgan fingerprint density at radius 2 is 2.07 bits per heavy atom. The molecule has 0 saturated carbocycles. The van der Waals surface area contributed by atoms with Gasteiger partial charge in [0.1, 0.15) is 10.9 Å². The van der Waals surface area contributed by atoms with Crippen molar-refractivity contribution in [1.29, 1.82) is 0 Å². The zero-order chi connectivity index (χ0) is 21.8. The summed E-state index contributed by atoms with van der Waals surface area (Å²) >= 11 is 5.87. The third kappa shape index (κ3) is 4.23. The maximum absolute atomic E-state index is 12.8. The molecule has 0 saturated heterocycles. The van der Waals surface area contributed by atoms with Crippen molar-refractivity contribution in [3.63, 3.8) is 0 Å². The SMILES string of the molecule is CCN(Cc1ccc(Cl)nc1)C1=C([N+](=O)[O-])C(c2ccccc2OC)CC(=O)N1C. The number of allylic oxidation sites excluding steroid dienone is 1. The number of pyridine rings is 1. The first-order chi connectivity index (χ1) is 14.4. The number of hydrogen-bond acceptors (Lipinski definition) is 6. The molecule has 1 atom stereocenters. The lowest BCUT2D eigenvalue weighted by atomic mass is 9.88. The minimum atomic E-state index is -0.716. The second kappa shape index (κ2) is 9.13. The standard InChI is InChI=1S/C21H23ClN4O4/c1-4-25(13-14-9-10-18(22)23-12-14)21-20(26(28)29)16(11-19(27)24(21)2)15-7-5-6-8-17(15)30-3/h5-10,12,16H,4,11,13H2,1-3H3. The van der Waals surface area contributed by atoms with Gasteiger partial charge in [0.25, 0.3) is 5.70 Å². The number of para-hydroxylation sites is 1. The molecule has 1 amide bonds. The van der Waals surface area contributed by atoms with E-state index in [0.29, 0.717) is 29.6 Å². The number of halogens is 1. The van der Waals surface area contributed by atoms with Crippen LogP contribution in [0.2, 0.25) is 5.15 Å². The van der Waals surface area contributed by atoms with E-state index < -0.39 is 10.8 Å². The van der Waals surface area contributed by atoms with E-state index >= 15 is 0 Å². The molecule has 158 valence electrons. The number of methoxy groups -OCH3 is 1. The van der Waals surface area contributed by atoms with Gasteiger partial charge < -0.3 is 9.64 Å². The van der Waals surface area contributed by atoms with E-state index in [-0.39, 0.29) is 23.8 Å². The molecule has 1 aromatic carbocycles. The minimum Gasteiger partial charge on any atom is -0.496 e. The maximum Gasteiger partial charge on any atom is 0.294 e. The molecule has 0 bridgehead atoms. The van der Waals surface area contributed by atoms with Crippen molar-refractivity contribution in [1.82, 2.24) is 14.8 Å². The Kier molecular flexibility index (Phi) is 6.56. The molecule has 0 N–H and O–H groups in total. The molecule has 9 heteroatoms. The Labute approximate surface area is 179 Å². The van der Waals surface area contributed by atoms with E-state index in [9.17, 15) is 14.9 Å². The molecule has 1 aromatic heterocycles. The molecule has 3 rings (SSSR count). The highest BCUT2D eigenvalue weighted by atomic mass is 35.5. The first kappa shape index (κ1) is 21.6. The number of carbonyl (C=O) groups is 1. The Bertz CT molecular complexity index is 977. The van der Waals surface area contributed by atoms with Crippen LogP contribution < -0.4 is 4.74 Å². The molecule has 0 aliphatic carbocycles. The molecule has 8 nitrogen and oxygen atoms in total. The van der Waals surface area contributed by atoms with Crippen LogP contribution in [0.25, 0.3) is 0 Å². The summed E-state index contributed by atoms with van der Waals surface area (Å²) < 4.78 is 5.41. The first-order valence-corrected chi connectivity index (χ1v) is 9.88. The topological polar surface area (TPSA) is 88.8 Å². The van der Waals surface area contributed by atoms with Gasteiger partial charge in [-0.25, -0.2) is 4.98 Å². The van der Waals surface area contributed by atoms with Gasteiger partial charge in [0.2, 0.25) is 5.91 Å². The number of rotatable bonds is 7. The van der Waals surface area contributed by atoms with Crippen LogP contribution in [0.4, 0.5) is 0 Å². The normalized spacial score (nSPS) is 16.6. The second-order valence-corrected chi connectivity index (χ2v) is 7.31. The summed E-state index contributed by atoms with van der Waals surface area (Å²) in [6.45, 7) is 2.70. The van der Waals surface area contributed by atoms with Crippen LogP contribution in [0.15, 0.2) is 54.1 Å². The molecule has 1 aliphatic heterocycles. The summed E-state index contributed by atoms with van der Waals surface area (Å²) in [6.07, 6.45) is 1.62. The van der Waals surface area contributed by atoms with E-state index in [1.165, 1.54) is 12.0 Å². The zero-order valence-corrected chi connectivity index (χ0v) is 17.8. The van der Waals surface area contributed by atoms with Crippen molar-refractivity contribution in [2.75, 3.05) is 20.7 Å². The van der Waals surface area contributed by atoms with Crippen molar-refractivity contribution in [2.24, 2.45) is 0 Å². The van der Waals surface area contributed by atoms with Crippen LogP contribution >= 0.6 is 11.6 Å². The highest BCUT2D eigenvalue weighted by Crippen LogP contribution is 2.41. The molecule has 30 heavy (non-hydrogen) atoms. The Morgan fingerprint density at radius 1 is 1.33 bits per heavy atom. The molecular weight excluding hydrogens is 408 g/mol. The highest BCUT2D eigenvalue weighted by Gasteiger charge is 2.43. The van der Waals surface area contributed by atoms with Crippen LogP contribution in [0.5, 0.6) is 5.75 Å². The summed E-state index contributed by atoms with van der Waals surface area (Å²) in [6, 6.07) is 10.6. The van der Waals surface area contributed by atoms with E-state index in [2.05, 4.69) is 4.98 Å². The molecular formula is C21H23ClN4O4. The molecule has 1 aliphatic rings. The van der Waals surface area contributed by atoms with Gasteiger partial charge in [-0.1, -0.05) is 35.9 Å². The van der Waals surface area contributed by atoms with Gasteiger partial charge in [-0.05, 0) is 24.6 Å². The van der Waals surface area contributed by atoms with E-state index in [4.69, 9.17) is 16.3 Å².